The molecule has 3 aromatic rings. The zero-order valence-corrected chi connectivity index (χ0v) is 22.1. The molecule has 2 fully saturated rings. The monoisotopic (exact) mass is 505 g/mol. The largest absolute Gasteiger partial charge is 0.364 e. The molecule has 1 aromatic heterocycles. The highest BCUT2D eigenvalue weighted by atomic mass is 19.1. The molecule has 7 nitrogen and oxygen atoms in total. The van der Waals surface area contributed by atoms with Gasteiger partial charge in [0.15, 0.2) is 5.69 Å². The highest BCUT2D eigenvalue weighted by Gasteiger charge is 2.48. The summed E-state index contributed by atoms with van der Waals surface area (Å²) in [6, 6.07) is 12.7. The fourth-order valence-electron chi connectivity index (χ4n) is 6.80. The summed E-state index contributed by atoms with van der Waals surface area (Å²) in [4.78, 5) is 30.6. The van der Waals surface area contributed by atoms with Gasteiger partial charge in [0.25, 0.3) is 5.91 Å². The predicted molar refractivity (Wildman–Crippen MR) is 142 cm³/mol. The van der Waals surface area contributed by atoms with E-state index < -0.39 is 11.8 Å². The van der Waals surface area contributed by atoms with E-state index in [0.29, 0.717) is 24.4 Å². The lowest BCUT2D eigenvalue weighted by atomic mass is 9.68. The van der Waals surface area contributed by atoms with Crippen molar-refractivity contribution in [1.82, 2.24) is 19.6 Å². The Morgan fingerprint density at radius 2 is 1.76 bits per heavy atom. The number of aromatic nitrogens is 2. The highest BCUT2D eigenvalue weighted by molar-refractivity contribution is 6.06. The van der Waals surface area contributed by atoms with Gasteiger partial charge in [0.1, 0.15) is 5.82 Å². The zero-order chi connectivity index (χ0) is 26.5. The summed E-state index contributed by atoms with van der Waals surface area (Å²) in [5.74, 6) is -0.781. The van der Waals surface area contributed by atoms with Crippen LogP contribution >= 0.6 is 0 Å². The maximum Gasteiger partial charge on any atom is 0.269 e. The van der Waals surface area contributed by atoms with Gasteiger partial charge >= 0.3 is 0 Å². The fraction of sp³-hybridized carbons (Fsp3) is 0.483. The Morgan fingerprint density at radius 1 is 1.08 bits per heavy atom. The van der Waals surface area contributed by atoms with Crippen molar-refractivity contribution in [3.8, 4) is 0 Å². The standard InChI is InChI=1S/C29H36FN5O2/c1-18(2)24(21-6-5-7-23-25(21)26(27(31)36)32-34(23)4)28(37)35-14-12-29(13-15-35)17-33(3)16-22(29)19-8-10-20(30)11-9-19/h5-11,18,22,24H,12-17H2,1-4H3,(H2,31,36)/t22?,24-/m1/s1. The van der Waals surface area contributed by atoms with Gasteiger partial charge in [-0.2, -0.15) is 5.10 Å². The maximum absolute atomic E-state index is 14.1. The van der Waals surface area contributed by atoms with Gasteiger partial charge in [-0.1, -0.05) is 38.1 Å². The number of nitrogens with two attached hydrogens (primary N) is 1. The number of benzene rings is 2. The number of hydrogen-bond acceptors (Lipinski definition) is 4. The van der Waals surface area contributed by atoms with Gasteiger partial charge in [-0.25, -0.2) is 4.39 Å². The van der Waals surface area contributed by atoms with E-state index in [4.69, 9.17) is 5.73 Å². The van der Waals surface area contributed by atoms with Crippen molar-refractivity contribution >= 4 is 22.7 Å². The van der Waals surface area contributed by atoms with Crippen molar-refractivity contribution in [2.75, 3.05) is 33.2 Å². The Labute approximate surface area is 217 Å². The third kappa shape index (κ3) is 4.41. The molecule has 2 atom stereocenters. The first-order valence-electron chi connectivity index (χ1n) is 13.1. The van der Waals surface area contributed by atoms with Gasteiger partial charge < -0.3 is 15.5 Å². The van der Waals surface area contributed by atoms with Crippen molar-refractivity contribution in [3.63, 3.8) is 0 Å². The Bertz CT molecular complexity index is 1320. The Kier molecular flexibility index (Phi) is 6.56. The molecule has 0 bridgehead atoms. The van der Waals surface area contributed by atoms with Gasteiger partial charge in [-0.05, 0) is 60.5 Å². The van der Waals surface area contributed by atoms with E-state index in [1.165, 1.54) is 5.56 Å². The lowest BCUT2D eigenvalue weighted by molar-refractivity contribution is -0.136. The maximum atomic E-state index is 14.1. The molecule has 37 heavy (non-hydrogen) atoms. The van der Waals surface area contributed by atoms with Crippen LogP contribution in [-0.4, -0.2) is 64.6 Å². The number of carbonyl (C=O) groups excluding carboxylic acids is 2. The second-order valence-corrected chi connectivity index (χ2v) is 11.3. The molecule has 5 rings (SSSR count). The number of primary amides is 1. The molecule has 196 valence electrons. The minimum absolute atomic E-state index is 0.0273. The first kappa shape index (κ1) is 25.4. The number of fused-ring (bicyclic) bond motifs is 1. The second kappa shape index (κ2) is 9.56. The molecule has 0 aliphatic carbocycles. The number of piperidine rings is 1. The van der Waals surface area contributed by atoms with Gasteiger partial charge in [0.05, 0.1) is 11.4 Å². The second-order valence-electron chi connectivity index (χ2n) is 11.3. The SMILES string of the molecule is CC(C)[C@@H](C(=O)N1CCC2(CC1)CN(C)CC2c1ccc(F)cc1)c1cccc2c1c(C(N)=O)nn2C. The smallest absolute Gasteiger partial charge is 0.269 e. The summed E-state index contributed by atoms with van der Waals surface area (Å²) in [5, 5.41) is 5.02. The summed E-state index contributed by atoms with van der Waals surface area (Å²) in [6.45, 7) is 7.36. The molecule has 2 amide bonds. The van der Waals surface area contributed by atoms with Crippen LogP contribution in [0.25, 0.3) is 10.9 Å². The Hall–Kier alpha value is -3.26. The van der Waals surface area contributed by atoms with Gasteiger partial charge in [-0.15, -0.1) is 0 Å². The van der Waals surface area contributed by atoms with Crippen LogP contribution in [0.2, 0.25) is 0 Å². The number of likely N-dealkylation sites (N-methyl/N-ethyl adjacent to an activating group) is 1. The summed E-state index contributed by atoms with van der Waals surface area (Å²) in [7, 11) is 3.92. The van der Waals surface area contributed by atoms with E-state index in [1.54, 1.807) is 23.9 Å². The van der Waals surface area contributed by atoms with Crippen LogP contribution in [0.15, 0.2) is 42.5 Å². The molecule has 2 aliphatic heterocycles. The number of carbonyl (C=O) groups is 2. The van der Waals surface area contributed by atoms with E-state index in [-0.39, 0.29) is 28.8 Å². The number of aryl methyl sites for hydroxylation is 1. The van der Waals surface area contributed by atoms with Crippen LogP contribution in [0.3, 0.4) is 0 Å². The first-order chi connectivity index (χ1) is 17.6. The van der Waals surface area contributed by atoms with E-state index >= 15 is 0 Å². The normalized spacial score (nSPS) is 20.7. The molecule has 1 unspecified atom stereocenters. The summed E-state index contributed by atoms with van der Waals surface area (Å²) in [6.07, 6.45) is 1.80. The lowest BCUT2D eigenvalue weighted by Crippen LogP contribution is -2.47. The molecule has 2 N–H and O–H groups in total. The average molecular weight is 506 g/mol. The molecular weight excluding hydrogens is 469 g/mol. The summed E-state index contributed by atoms with van der Waals surface area (Å²) >= 11 is 0. The third-order valence-corrected chi connectivity index (χ3v) is 8.57. The van der Waals surface area contributed by atoms with E-state index in [2.05, 4.69) is 17.0 Å². The Balaban J connectivity index is 1.42. The quantitative estimate of drug-likeness (QED) is 0.570. The van der Waals surface area contributed by atoms with Crippen LogP contribution in [0, 0.1) is 17.2 Å². The third-order valence-electron chi connectivity index (χ3n) is 8.57. The van der Waals surface area contributed by atoms with Crippen molar-refractivity contribution in [2.24, 2.45) is 24.1 Å². The number of amides is 2. The molecular formula is C29H36FN5O2. The van der Waals surface area contributed by atoms with Crippen LogP contribution < -0.4 is 5.73 Å². The molecule has 2 saturated heterocycles. The molecule has 3 heterocycles. The van der Waals surface area contributed by atoms with Crippen LogP contribution in [-0.2, 0) is 11.8 Å². The van der Waals surface area contributed by atoms with Gasteiger partial charge in [0.2, 0.25) is 5.91 Å². The minimum Gasteiger partial charge on any atom is -0.364 e. The van der Waals surface area contributed by atoms with Crippen molar-refractivity contribution in [3.05, 3.63) is 65.1 Å². The van der Waals surface area contributed by atoms with Crippen molar-refractivity contribution < 1.29 is 14.0 Å². The number of rotatable bonds is 5. The minimum atomic E-state index is -0.592. The predicted octanol–water partition coefficient (Wildman–Crippen LogP) is 3.89. The van der Waals surface area contributed by atoms with Crippen LogP contribution in [0.1, 0.15) is 60.1 Å². The zero-order valence-electron chi connectivity index (χ0n) is 22.1. The molecule has 1 spiro atoms. The van der Waals surface area contributed by atoms with Gasteiger partial charge in [0, 0.05) is 44.5 Å². The summed E-state index contributed by atoms with van der Waals surface area (Å²) in [5.41, 5.74) is 8.72. The number of likely N-dealkylation sites (tertiary alicyclic amines) is 2. The number of halogens is 1. The van der Waals surface area contributed by atoms with Crippen molar-refractivity contribution in [1.29, 1.82) is 0 Å². The first-order valence-corrected chi connectivity index (χ1v) is 13.1. The Morgan fingerprint density at radius 3 is 2.38 bits per heavy atom. The van der Waals surface area contributed by atoms with Crippen LogP contribution in [0.4, 0.5) is 4.39 Å². The fourth-order valence-corrected chi connectivity index (χ4v) is 6.80. The lowest BCUT2D eigenvalue weighted by Gasteiger charge is -2.44. The summed E-state index contributed by atoms with van der Waals surface area (Å²) < 4.78 is 15.2. The highest BCUT2D eigenvalue weighted by Crippen LogP contribution is 2.50. The van der Waals surface area contributed by atoms with Crippen molar-refractivity contribution in [2.45, 2.75) is 38.5 Å². The molecule has 2 aromatic carbocycles. The van der Waals surface area contributed by atoms with E-state index in [9.17, 15) is 14.0 Å². The number of hydrogen-bond donors (Lipinski definition) is 1. The van der Waals surface area contributed by atoms with Gasteiger partial charge in [-0.3, -0.25) is 14.3 Å². The van der Waals surface area contributed by atoms with E-state index in [0.717, 1.165) is 37.0 Å². The molecule has 0 radical (unpaired) electrons. The molecule has 8 heteroatoms. The van der Waals surface area contributed by atoms with E-state index in [1.807, 2.05) is 49.1 Å². The molecule has 0 saturated carbocycles. The number of nitrogens with zero attached hydrogens (tertiary/aromatic N) is 4. The van der Waals surface area contributed by atoms with Crippen LogP contribution in [0.5, 0.6) is 0 Å². The topological polar surface area (TPSA) is 84.5 Å². The average Bonchev–Trinajstić information content (AvgIpc) is 3.37. The molecule has 2 aliphatic rings.